The monoisotopic (exact) mass is 247 g/mol. The van der Waals surface area contributed by atoms with Crippen molar-refractivity contribution < 1.29 is 9.50 Å². The van der Waals surface area contributed by atoms with Crippen LogP contribution in [0.5, 0.6) is 0 Å². The summed E-state index contributed by atoms with van der Waals surface area (Å²) in [7, 11) is 1.84. The zero-order valence-electron chi connectivity index (χ0n) is 9.89. The summed E-state index contributed by atoms with van der Waals surface area (Å²) in [4.78, 5) is 0. The largest absolute Gasteiger partial charge is 0.384 e. The molecule has 4 nitrogen and oxygen atoms in total. The van der Waals surface area contributed by atoms with Gasteiger partial charge in [0.05, 0.1) is 5.52 Å². The summed E-state index contributed by atoms with van der Waals surface area (Å²) in [5.41, 5.74) is 1.42. The highest BCUT2D eigenvalue weighted by Gasteiger charge is 2.24. The minimum atomic E-state index is -0.753. The van der Waals surface area contributed by atoms with E-state index in [0.29, 0.717) is 10.9 Å². The van der Waals surface area contributed by atoms with Gasteiger partial charge in [-0.2, -0.15) is 0 Å². The smallest absolute Gasteiger partial charge is 0.132 e. The van der Waals surface area contributed by atoms with Gasteiger partial charge in [0, 0.05) is 36.6 Å². The number of halogens is 1. The van der Waals surface area contributed by atoms with Crippen molar-refractivity contribution in [2.75, 3.05) is 0 Å². The number of benzene rings is 1. The van der Waals surface area contributed by atoms with E-state index in [9.17, 15) is 9.50 Å². The van der Waals surface area contributed by atoms with Gasteiger partial charge in [0.15, 0.2) is 0 Å². The zero-order valence-corrected chi connectivity index (χ0v) is 9.89. The van der Waals surface area contributed by atoms with Crippen molar-refractivity contribution >= 4 is 10.9 Å². The van der Waals surface area contributed by atoms with Crippen LogP contribution in [0, 0.1) is 5.82 Å². The van der Waals surface area contributed by atoms with E-state index in [1.54, 1.807) is 30.7 Å². The fourth-order valence-corrected chi connectivity index (χ4v) is 2.37. The maximum absolute atomic E-state index is 13.7. The van der Waals surface area contributed by atoms with E-state index in [-0.39, 0.29) is 12.0 Å². The summed E-state index contributed by atoms with van der Waals surface area (Å²) in [6.07, 6.45) is 4.22. The Kier molecular flexibility index (Phi) is 2.48. The average molecular weight is 247 g/mol. The number of aromatic nitrogens is 1. The molecule has 5 heteroatoms. The zero-order chi connectivity index (χ0) is 12.7. The summed E-state index contributed by atoms with van der Waals surface area (Å²) in [5.74, 6) is -0.271. The lowest BCUT2D eigenvalue weighted by atomic mass is 10.0. The Bertz CT molecular complexity index is 612. The minimum absolute atomic E-state index is 0.271. The van der Waals surface area contributed by atoms with Gasteiger partial charge in [-0.05, 0) is 12.1 Å². The van der Waals surface area contributed by atoms with Gasteiger partial charge in [0.25, 0.3) is 0 Å². The fourth-order valence-electron chi connectivity index (χ4n) is 2.37. The number of fused-ring (bicyclic) bond motifs is 1. The number of nitrogens with zero attached hydrogens (tertiary/aromatic N) is 1. The molecule has 1 atom stereocenters. The molecule has 0 radical (unpaired) electrons. The maximum atomic E-state index is 13.7. The highest BCUT2D eigenvalue weighted by atomic mass is 19.1. The van der Waals surface area contributed by atoms with Gasteiger partial charge >= 0.3 is 0 Å². The first-order valence-electron chi connectivity index (χ1n) is 5.77. The first-order valence-corrected chi connectivity index (χ1v) is 5.77. The second kappa shape index (κ2) is 4.03. The van der Waals surface area contributed by atoms with Crippen LogP contribution in [0.15, 0.2) is 36.8 Å². The Labute approximate surface area is 104 Å². The highest BCUT2D eigenvalue weighted by Crippen LogP contribution is 2.28. The van der Waals surface area contributed by atoms with Crippen LogP contribution >= 0.6 is 0 Å². The number of aliphatic hydroxyl groups is 1. The highest BCUT2D eigenvalue weighted by molar-refractivity contribution is 5.84. The van der Waals surface area contributed by atoms with Crippen molar-refractivity contribution in [2.45, 2.75) is 12.3 Å². The van der Waals surface area contributed by atoms with E-state index in [1.165, 1.54) is 6.07 Å². The molecular formula is C13H14FN3O. The summed E-state index contributed by atoms with van der Waals surface area (Å²) in [6.45, 7) is 0. The first kappa shape index (κ1) is 11.1. The Morgan fingerprint density at radius 3 is 2.72 bits per heavy atom. The van der Waals surface area contributed by atoms with E-state index in [0.717, 1.165) is 5.52 Å². The molecule has 94 valence electrons. The predicted octanol–water partition coefficient (Wildman–Crippen LogP) is 1.34. The number of nitrogens with one attached hydrogen (secondary N) is 2. The van der Waals surface area contributed by atoms with E-state index in [2.05, 4.69) is 10.6 Å². The Morgan fingerprint density at radius 1 is 1.28 bits per heavy atom. The molecule has 3 rings (SSSR count). The van der Waals surface area contributed by atoms with Gasteiger partial charge in [-0.15, -0.1) is 0 Å². The minimum Gasteiger partial charge on any atom is -0.384 e. The van der Waals surface area contributed by atoms with Crippen LogP contribution in [0.25, 0.3) is 10.9 Å². The van der Waals surface area contributed by atoms with Crippen LogP contribution < -0.4 is 10.6 Å². The topological polar surface area (TPSA) is 49.2 Å². The Hall–Kier alpha value is -2.01. The van der Waals surface area contributed by atoms with E-state index < -0.39 is 6.10 Å². The second-order valence-corrected chi connectivity index (χ2v) is 4.41. The number of aryl methyl sites for hydroxylation is 1. The lowest BCUT2D eigenvalue weighted by Gasteiger charge is -2.21. The van der Waals surface area contributed by atoms with Gasteiger partial charge in [-0.3, -0.25) is 0 Å². The lowest BCUT2D eigenvalue weighted by molar-refractivity contribution is 0.131. The molecule has 0 bridgehead atoms. The van der Waals surface area contributed by atoms with Gasteiger partial charge < -0.3 is 20.3 Å². The van der Waals surface area contributed by atoms with Crippen molar-refractivity contribution in [1.29, 1.82) is 0 Å². The summed E-state index contributed by atoms with van der Waals surface area (Å²) < 4.78 is 15.5. The van der Waals surface area contributed by atoms with Crippen LogP contribution in [-0.4, -0.2) is 15.8 Å². The molecule has 0 amide bonds. The quantitative estimate of drug-likeness (QED) is 0.750. The second-order valence-electron chi connectivity index (χ2n) is 4.41. The van der Waals surface area contributed by atoms with E-state index >= 15 is 0 Å². The molecule has 18 heavy (non-hydrogen) atoms. The molecule has 0 fully saturated rings. The van der Waals surface area contributed by atoms with Gasteiger partial charge in [-0.1, -0.05) is 6.07 Å². The van der Waals surface area contributed by atoms with Crippen LogP contribution in [0.3, 0.4) is 0 Å². The van der Waals surface area contributed by atoms with Crippen LogP contribution in [0.2, 0.25) is 0 Å². The Balaban J connectivity index is 2.11. The molecule has 1 aliphatic heterocycles. The molecular weight excluding hydrogens is 233 g/mol. The van der Waals surface area contributed by atoms with E-state index in [1.807, 2.05) is 11.6 Å². The Morgan fingerprint density at radius 2 is 2.00 bits per heavy atom. The first-order chi connectivity index (χ1) is 8.68. The third-order valence-electron chi connectivity index (χ3n) is 3.28. The van der Waals surface area contributed by atoms with Crippen molar-refractivity contribution in [3.63, 3.8) is 0 Å². The van der Waals surface area contributed by atoms with Gasteiger partial charge in [0.1, 0.15) is 18.1 Å². The molecule has 1 aliphatic rings. The maximum Gasteiger partial charge on any atom is 0.132 e. The predicted molar refractivity (Wildman–Crippen MR) is 67.0 cm³/mol. The molecule has 0 saturated heterocycles. The van der Waals surface area contributed by atoms with Crippen LogP contribution in [0.1, 0.15) is 11.7 Å². The fraction of sp³-hybridized carbons (Fsp3) is 0.231. The number of hydrogen-bond donors (Lipinski definition) is 3. The van der Waals surface area contributed by atoms with Crippen LogP contribution in [0.4, 0.5) is 4.39 Å². The van der Waals surface area contributed by atoms with E-state index in [4.69, 9.17) is 0 Å². The van der Waals surface area contributed by atoms with Crippen molar-refractivity contribution in [2.24, 2.45) is 7.05 Å². The van der Waals surface area contributed by atoms with Crippen molar-refractivity contribution in [1.82, 2.24) is 15.2 Å². The molecule has 0 saturated carbocycles. The average Bonchev–Trinajstić information content (AvgIpc) is 3.00. The third kappa shape index (κ3) is 1.55. The van der Waals surface area contributed by atoms with Crippen molar-refractivity contribution in [3.8, 4) is 0 Å². The molecule has 3 N–H and O–H groups in total. The molecule has 2 aromatic rings. The number of aliphatic hydroxyl groups excluding tert-OH is 1. The summed E-state index contributed by atoms with van der Waals surface area (Å²) in [6, 6.07) is 4.74. The normalized spacial score (nSPS) is 16.8. The SMILES string of the molecule is Cn1ccc2c(F)ccc(C(O)C3NC=CN3)c21. The molecule has 1 aromatic carbocycles. The summed E-state index contributed by atoms with van der Waals surface area (Å²) >= 11 is 0. The van der Waals surface area contributed by atoms with Crippen LogP contribution in [-0.2, 0) is 7.05 Å². The number of hydrogen-bond acceptors (Lipinski definition) is 3. The molecule has 2 heterocycles. The third-order valence-corrected chi connectivity index (χ3v) is 3.28. The molecule has 0 aliphatic carbocycles. The van der Waals surface area contributed by atoms with Gasteiger partial charge in [-0.25, -0.2) is 4.39 Å². The number of rotatable bonds is 2. The summed E-state index contributed by atoms with van der Waals surface area (Å²) in [5, 5.41) is 16.9. The van der Waals surface area contributed by atoms with Gasteiger partial charge in [0.2, 0.25) is 0 Å². The lowest BCUT2D eigenvalue weighted by Crippen LogP contribution is -2.37. The molecule has 0 spiro atoms. The standard InChI is InChI=1S/C13H14FN3O/c1-17-7-4-8-10(14)3-2-9(11(8)17)12(18)13-15-5-6-16-13/h2-7,12-13,15-16,18H,1H3. The van der Waals surface area contributed by atoms with Crippen molar-refractivity contribution in [3.05, 3.63) is 48.2 Å². The molecule has 1 unspecified atom stereocenters. The molecule has 1 aromatic heterocycles.